The number of fused-ring (bicyclic) bond motifs is 1. The second-order valence-electron chi connectivity index (χ2n) is 12.0. The number of carbonyl (C=O) groups is 3. The molecule has 3 amide bonds. The molecular formula is C35H36ClN5O5. The van der Waals surface area contributed by atoms with E-state index in [0.717, 1.165) is 32.8 Å². The van der Waals surface area contributed by atoms with Crippen molar-refractivity contribution in [3.63, 3.8) is 0 Å². The van der Waals surface area contributed by atoms with Gasteiger partial charge in [-0.25, -0.2) is 9.59 Å². The highest BCUT2D eigenvalue weighted by Gasteiger charge is 2.37. The number of carboxylic acid groups (broad SMARTS) is 1. The highest BCUT2D eigenvalue weighted by atomic mass is 35.5. The van der Waals surface area contributed by atoms with Crippen molar-refractivity contribution in [3.8, 4) is 5.69 Å². The first kappa shape index (κ1) is 31.2. The van der Waals surface area contributed by atoms with Crippen molar-refractivity contribution in [1.82, 2.24) is 24.3 Å². The Hall–Kier alpha value is -4.83. The molecule has 2 aliphatic rings. The summed E-state index contributed by atoms with van der Waals surface area (Å²) >= 11 is 6.10. The van der Waals surface area contributed by atoms with Gasteiger partial charge < -0.3 is 19.9 Å². The van der Waals surface area contributed by atoms with E-state index in [1.54, 1.807) is 41.0 Å². The minimum absolute atomic E-state index is 0.101. The minimum atomic E-state index is -1.18. The summed E-state index contributed by atoms with van der Waals surface area (Å²) in [6, 6.07) is 20.6. The van der Waals surface area contributed by atoms with Gasteiger partial charge in [-0.05, 0) is 59.2 Å². The molecule has 0 aliphatic carbocycles. The summed E-state index contributed by atoms with van der Waals surface area (Å²) in [5.74, 6) is -0.572. The van der Waals surface area contributed by atoms with Gasteiger partial charge in [0.15, 0.2) is 0 Å². The number of hydrogen-bond donors (Lipinski definition) is 2. The molecule has 2 atom stereocenters. The Morgan fingerprint density at radius 1 is 0.935 bits per heavy atom. The number of nitrogens with one attached hydrogen (secondary N) is 1. The number of benzene rings is 3. The van der Waals surface area contributed by atoms with E-state index < -0.39 is 24.1 Å². The molecule has 0 bridgehead atoms. The monoisotopic (exact) mass is 641 g/mol. The van der Waals surface area contributed by atoms with Crippen LogP contribution in [0.3, 0.4) is 0 Å². The summed E-state index contributed by atoms with van der Waals surface area (Å²) in [6.07, 6.45) is 4.16. The third kappa shape index (κ3) is 6.44. The molecule has 1 fully saturated rings. The fourth-order valence-corrected chi connectivity index (χ4v) is 6.74. The Bertz CT molecular complexity index is 1810. The van der Waals surface area contributed by atoms with Crippen LogP contribution < -0.4 is 11.0 Å². The minimum Gasteiger partial charge on any atom is -0.465 e. The summed E-state index contributed by atoms with van der Waals surface area (Å²) in [5, 5.41) is 13.5. The first-order valence-corrected chi connectivity index (χ1v) is 15.8. The van der Waals surface area contributed by atoms with E-state index >= 15 is 0 Å². The molecule has 2 N–H and O–H groups in total. The van der Waals surface area contributed by atoms with Crippen LogP contribution in [0.15, 0.2) is 90.0 Å². The van der Waals surface area contributed by atoms with Gasteiger partial charge in [-0.3, -0.25) is 19.1 Å². The lowest BCUT2D eigenvalue weighted by Gasteiger charge is -2.37. The Morgan fingerprint density at radius 2 is 1.61 bits per heavy atom. The van der Waals surface area contributed by atoms with E-state index in [1.807, 2.05) is 60.7 Å². The molecule has 0 saturated carbocycles. The van der Waals surface area contributed by atoms with E-state index in [2.05, 4.69) is 5.32 Å². The second kappa shape index (κ2) is 13.3. The van der Waals surface area contributed by atoms with Crippen LogP contribution in [0, 0.1) is 0 Å². The summed E-state index contributed by atoms with van der Waals surface area (Å²) in [5.41, 5.74) is 4.38. The third-order valence-corrected chi connectivity index (χ3v) is 9.41. The van der Waals surface area contributed by atoms with Crippen LogP contribution in [0.1, 0.15) is 41.0 Å². The molecule has 3 heterocycles. The van der Waals surface area contributed by atoms with Crippen LogP contribution in [0.2, 0.25) is 5.02 Å². The number of aromatic nitrogens is 2. The Morgan fingerprint density at radius 3 is 2.28 bits per heavy atom. The average Bonchev–Trinajstić information content (AvgIpc) is 3.41. The number of rotatable bonds is 7. The normalized spacial score (nSPS) is 17.3. The van der Waals surface area contributed by atoms with Gasteiger partial charge in [0.2, 0.25) is 11.8 Å². The van der Waals surface area contributed by atoms with Crippen LogP contribution in [0.25, 0.3) is 5.69 Å². The summed E-state index contributed by atoms with van der Waals surface area (Å²) in [4.78, 5) is 55.7. The van der Waals surface area contributed by atoms with E-state index in [-0.39, 0.29) is 36.9 Å². The maximum Gasteiger partial charge on any atom is 0.408 e. The fraction of sp³-hybridized carbons (Fsp3) is 0.314. The molecule has 1 saturated heterocycles. The zero-order valence-electron chi connectivity index (χ0n) is 25.5. The van der Waals surface area contributed by atoms with Gasteiger partial charge in [-0.15, -0.1) is 0 Å². The topological polar surface area (TPSA) is 117 Å². The average molecular weight is 642 g/mol. The van der Waals surface area contributed by atoms with Crippen LogP contribution in [0.5, 0.6) is 0 Å². The van der Waals surface area contributed by atoms with E-state index in [1.165, 1.54) is 4.57 Å². The fourth-order valence-electron chi connectivity index (χ4n) is 6.61. The molecule has 3 aromatic carbocycles. The van der Waals surface area contributed by atoms with Gasteiger partial charge in [0, 0.05) is 50.4 Å². The Kier molecular flexibility index (Phi) is 8.99. The lowest BCUT2D eigenvalue weighted by atomic mass is 9.87. The van der Waals surface area contributed by atoms with E-state index in [4.69, 9.17) is 11.6 Å². The highest BCUT2D eigenvalue weighted by molar-refractivity contribution is 6.30. The van der Waals surface area contributed by atoms with Crippen LogP contribution in [0.4, 0.5) is 4.79 Å². The first-order chi connectivity index (χ1) is 22.2. The number of hydrogen-bond acceptors (Lipinski definition) is 4. The van der Waals surface area contributed by atoms with Gasteiger partial charge in [-0.2, -0.15) is 0 Å². The third-order valence-electron chi connectivity index (χ3n) is 9.15. The number of carbonyl (C=O) groups excluding carboxylic acids is 2. The van der Waals surface area contributed by atoms with Crippen molar-refractivity contribution in [2.45, 2.75) is 50.2 Å². The van der Waals surface area contributed by atoms with E-state index in [0.29, 0.717) is 31.0 Å². The van der Waals surface area contributed by atoms with Gasteiger partial charge in [0.1, 0.15) is 12.1 Å². The smallest absolute Gasteiger partial charge is 0.408 e. The second-order valence-corrected chi connectivity index (χ2v) is 12.4. The molecule has 238 valence electrons. The molecule has 4 aromatic rings. The van der Waals surface area contributed by atoms with Crippen molar-refractivity contribution in [3.05, 3.63) is 123 Å². The zero-order chi connectivity index (χ0) is 32.4. The number of aryl methyl sites for hydroxylation is 1. The largest absolute Gasteiger partial charge is 0.465 e. The maximum absolute atomic E-state index is 14.1. The van der Waals surface area contributed by atoms with Crippen LogP contribution in [-0.2, 0) is 36.0 Å². The Labute approximate surface area is 271 Å². The molecule has 0 radical (unpaired) electrons. The lowest BCUT2D eigenvalue weighted by Crippen LogP contribution is -2.58. The number of para-hydroxylation sites is 1. The molecule has 2 aliphatic heterocycles. The number of piperidine rings is 1. The quantitative estimate of drug-likeness (QED) is 0.311. The summed E-state index contributed by atoms with van der Waals surface area (Å²) in [7, 11) is 1.72. The van der Waals surface area contributed by atoms with Crippen molar-refractivity contribution in [2.75, 3.05) is 13.1 Å². The zero-order valence-corrected chi connectivity index (χ0v) is 26.3. The number of imidazole rings is 1. The highest BCUT2D eigenvalue weighted by Crippen LogP contribution is 2.32. The molecule has 46 heavy (non-hydrogen) atoms. The van der Waals surface area contributed by atoms with Gasteiger partial charge >= 0.3 is 11.8 Å². The molecule has 10 nitrogen and oxygen atoms in total. The standard InChI is InChI=1S/C35H36ClN5O5/c1-38-18-19-40(34(38)44)30-9-5-4-8-28(30)24-14-16-39(17-15-24)33(43)29(20-23-10-12-27(36)13-11-23)37-32(42)31-21-25-6-2-3-7-26(25)22-41(31)35(45)46/h2-13,18-19,24,29,31H,14-17,20-22H2,1H3,(H,37,42)(H,45,46)/t29-,31+/m1/s1. The van der Waals surface area contributed by atoms with E-state index in [9.17, 15) is 24.3 Å². The number of amides is 3. The number of likely N-dealkylation sites (tertiary alicyclic amines) is 1. The van der Waals surface area contributed by atoms with Crippen LogP contribution in [-0.4, -0.2) is 67.1 Å². The summed E-state index contributed by atoms with van der Waals surface area (Å²) < 4.78 is 3.18. The van der Waals surface area contributed by atoms with Crippen molar-refractivity contribution >= 4 is 29.5 Å². The van der Waals surface area contributed by atoms with Crippen molar-refractivity contribution in [2.24, 2.45) is 7.05 Å². The molecule has 0 unspecified atom stereocenters. The molecule has 11 heteroatoms. The van der Waals surface area contributed by atoms with Gasteiger partial charge in [0.05, 0.1) is 12.2 Å². The molecular weight excluding hydrogens is 606 g/mol. The SMILES string of the molecule is Cn1ccn(-c2ccccc2C2CCN(C(=O)[C@@H](Cc3ccc(Cl)cc3)NC(=O)[C@@H]3Cc4ccccc4CN3C(=O)O)CC2)c1=O. The Balaban J connectivity index is 1.20. The molecule has 0 spiro atoms. The predicted octanol–water partition coefficient (Wildman–Crippen LogP) is 4.37. The summed E-state index contributed by atoms with van der Waals surface area (Å²) in [6.45, 7) is 1.06. The lowest BCUT2D eigenvalue weighted by molar-refractivity contribution is -0.138. The molecule has 6 rings (SSSR count). The number of nitrogens with zero attached hydrogens (tertiary/aromatic N) is 4. The van der Waals surface area contributed by atoms with Crippen LogP contribution >= 0.6 is 11.6 Å². The number of halogens is 1. The first-order valence-electron chi connectivity index (χ1n) is 15.4. The van der Waals surface area contributed by atoms with Gasteiger partial charge in [0.25, 0.3) is 0 Å². The predicted molar refractivity (Wildman–Crippen MR) is 174 cm³/mol. The van der Waals surface area contributed by atoms with Crippen molar-refractivity contribution < 1.29 is 19.5 Å². The van der Waals surface area contributed by atoms with Gasteiger partial charge in [-0.1, -0.05) is 66.2 Å². The maximum atomic E-state index is 14.1. The molecule has 1 aromatic heterocycles. The van der Waals surface area contributed by atoms with Crippen molar-refractivity contribution in [1.29, 1.82) is 0 Å².